The molecule has 2 aromatic heterocycles. The third-order valence-electron chi connectivity index (χ3n) is 8.04. The summed E-state index contributed by atoms with van der Waals surface area (Å²) in [5, 5.41) is 5.04. The van der Waals surface area contributed by atoms with Gasteiger partial charge in [0.1, 0.15) is 14.1 Å². The van der Waals surface area contributed by atoms with Crippen molar-refractivity contribution in [2.75, 3.05) is 0 Å². The first-order chi connectivity index (χ1) is 19.7. The molecule has 7 rings (SSSR count). The Morgan fingerprint density at radius 1 is 0.350 bits per heavy atom. The zero-order chi connectivity index (χ0) is 27.1. The van der Waals surface area contributed by atoms with E-state index in [0.717, 1.165) is 0 Å². The number of fused-ring (bicyclic) bond motifs is 4. The molecule has 0 atom stereocenters. The number of hydrogen-bond acceptors (Lipinski definition) is 0. The summed E-state index contributed by atoms with van der Waals surface area (Å²) in [5.74, 6) is 0. The molecule has 0 saturated heterocycles. The molecule has 0 N–H and O–H groups in total. The average Bonchev–Trinajstić information content (AvgIpc) is 3.02. The summed E-state index contributed by atoms with van der Waals surface area (Å²) in [5.41, 5.74) is 9.80. The molecule has 0 aliphatic rings. The number of pyridine rings is 2. The minimum atomic E-state index is 1.18. The summed E-state index contributed by atoms with van der Waals surface area (Å²) in [4.78, 5) is 0. The van der Waals surface area contributed by atoms with Crippen molar-refractivity contribution >= 4 is 67.9 Å². The van der Waals surface area contributed by atoms with Crippen LogP contribution < -0.4 is 9.13 Å². The van der Waals surface area contributed by atoms with E-state index in [2.05, 4.69) is 169 Å². The molecule has 0 bridgehead atoms. The van der Waals surface area contributed by atoms with Crippen LogP contribution in [0.2, 0.25) is 0 Å². The number of nitrogens with zero attached hydrogens (tertiary/aromatic N) is 2. The van der Waals surface area contributed by atoms with Gasteiger partial charge in [0.15, 0.2) is 0 Å². The largest absolute Gasteiger partial charge is 0.213 e. The van der Waals surface area contributed by atoms with Crippen LogP contribution >= 0.6 is 0 Å². The van der Waals surface area contributed by atoms with E-state index in [4.69, 9.17) is 0 Å². The quantitative estimate of drug-likeness (QED) is 0.165. The molecule has 0 aliphatic heterocycles. The van der Waals surface area contributed by atoms with Gasteiger partial charge < -0.3 is 0 Å². The van der Waals surface area contributed by atoms with Crippen LogP contribution in [0.1, 0.15) is 22.3 Å². The van der Waals surface area contributed by atoms with E-state index < -0.39 is 0 Å². The highest BCUT2D eigenvalue weighted by Gasteiger charge is 2.16. The lowest BCUT2D eigenvalue weighted by atomic mass is 10.00. The van der Waals surface area contributed by atoms with Crippen LogP contribution in [0.4, 0.5) is 0 Å². The molecule has 2 heterocycles. The molecule has 2 heteroatoms. The van der Waals surface area contributed by atoms with Crippen molar-refractivity contribution in [3.63, 3.8) is 0 Å². The fourth-order valence-electron chi connectivity index (χ4n) is 5.96. The van der Waals surface area contributed by atoms with E-state index in [0.29, 0.717) is 0 Å². The van der Waals surface area contributed by atoms with Gasteiger partial charge in [-0.1, -0.05) is 97.1 Å². The molecule has 7 aromatic rings. The van der Waals surface area contributed by atoms with Crippen LogP contribution in [-0.4, -0.2) is 0 Å². The number of benzene rings is 5. The third-order valence-corrected chi connectivity index (χ3v) is 8.04. The number of rotatable bonds is 4. The van der Waals surface area contributed by atoms with Gasteiger partial charge in [-0.25, -0.2) is 0 Å². The molecule has 0 saturated carbocycles. The molecule has 0 unspecified atom stereocenters. The predicted octanol–water partition coefficient (Wildman–Crippen LogP) is 8.29. The molecule has 40 heavy (non-hydrogen) atoms. The van der Waals surface area contributed by atoms with Gasteiger partial charge >= 0.3 is 0 Å². The van der Waals surface area contributed by atoms with E-state index in [1.807, 2.05) is 0 Å². The Labute approximate surface area is 234 Å². The molecule has 0 spiro atoms. The summed E-state index contributed by atoms with van der Waals surface area (Å²) in [7, 11) is 4.29. The first kappa shape index (κ1) is 24.0. The number of hydrogen-bond donors (Lipinski definition) is 0. The van der Waals surface area contributed by atoms with E-state index in [9.17, 15) is 0 Å². The lowest BCUT2D eigenvalue weighted by Gasteiger charge is -2.07. The van der Waals surface area contributed by atoms with Gasteiger partial charge in [0, 0.05) is 35.4 Å². The first-order valence-corrected chi connectivity index (χ1v) is 13.7. The second kappa shape index (κ2) is 9.91. The Kier molecular flexibility index (Phi) is 5.94. The van der Waals surface area contributed by atoms with Crippen molar-refractivity contribution < 1.29 is 9.13 Å². The van der Waals surface area contributed by atoms with Crippen LogP contribution in [0.15, 0.2) is 121 Å². The smallest absolute Gasteiger partial charge is 0.194 e. The lowest BCUT2D eigenvalue weighted by molar-refractivity contribution is -0.617. The van der Waals surface area contributed by atoms with Crippen LogP contribution in [-0.2, 0) is 14.1 Å². The zero-order valence-electron chi connectivity index (χ0n) is 22.8. The topological polar surface area (TPSA) is 7.76 Å². The average molecular weight is 515 g/mol. The van der Waals surface area contributed by atoms with E-state index in [1.54, 1.807) is 0 Å². The molecule has 190 valence electrons. The summed E-state index contributed by atoms with van der Waals surface area (Å²) >= 11 is 0. The number of aromatic nitrogens is 2. The zero-order valence-corrected chi connectivity index (χ0v) is 22.8. The summed E-state index contributed by atoms with van der Waals surface area (Å²) in [6.45, 7) is 0. The van der Waals surface area contributed by atoms with E-state index in [-0.39, 0.29) is 0 Å². The van der Waals surface area contributed by atoms with Crippen molar-refractivity contribution in [1.29, 1.82) is 0 Å². The van der Waals surface area contributed by atoms with Gasteiger partial charge in [-0.2, -0.15) is 9.13 Å². The molecule has 0 fully saturated rings. The minimum Gasteiger partial charge on any atom is -0.194 e. The van der Waals surface area contributed by atoms with Gasteiger partial charge in [-0.3, -0.25) is 0 Å². The van der Waals surface area contributed by atoms with Crippen LogP contribution in [0.5, 0.6) is 0 Å². The van der Waals surface area contributed by atoms with Crippen molar-refractivity contribution in [2.24, 2.45) is 14.1 Å². The van der Waals surface area contributed by atoms with Crippen molar-refractivity contribution in [1.82, 2.24) is 0 Å². The maximum Gasteiger partial charge on any atom is 0.213 e. The Morgan fingerprint density at radius 2 is 0.625 bits per heavy atom. The number of aryl methyl sites for hydroxylation is 2. The summed E-state index contributed by atoms with van der Waals surface area (Å²) < 4.78 is 4.56. The van der Waals surface area contributed by atoms with Crippen LogP contribution in [0, 0.1) is 0 Å². The predicted molar refractivity (Wildman–Crippen MR) is 170 cm³/mol. The van der Waals surface area contributed by atoms with Crippen LogP contribution in [0.3, 0.4) is 0 Å². The van der Waals surface area contributed by atoms with Gasteiger partial charge in [-0.05, 0) is 35.4 Å². The molecule has 0 aliphatic carbocycles. The maximum absolute atomic E-state index is 2.28. The van der Waals surface area contributed by atoms with Crippen molar-refractivity contribution in [3.05, 3.63) is 144 Å². The fourth-order valence-corrected chi connectivity index (χ4v) is 5.96. The summed E-state index contributed by atoms with van der Waals surface area (Å²) in [6.07, 6.45) is 8.97. The fraction of sp³-hybridized carbons (Fsp3) is 0.0526. The molecule has 5 aromatic carbocycles. The molecule has 2 nitrogen and oxygen atoms in total. The third kappa shape index (κ3) is 4.06. The highest BCUT2D eigenvalue weighted by molar-refractivity contribution is 6.03. The molecule has 0 amide bonds. The van der Waals surface area contributed by atoms with E-state index >= 15 is 0 Å². The normalized spacial score (nSPS) is 12.1. The Balaban J connectivity index is 1.24. The van der Waals surface area contributed by atoms with Crippen molar-refractivity contribution in [2.45, 2.75) is 0 Å². The van der Waals surface area contributed by atoms with Gasteiger partial charge in [-0.15, -0.1) is 0 Å². The highest BCUT2D eigenvalue weighted by atomic mass is 14.9. The second-order valence-corrected chi connectivity index (χ2v) is 10.3. The SMILES string of the molecule is C[n+]1c2ccccc2c(/C=C/c2ccc(/C=C/c3c4ccccc4[n+](C)c4ccccc34)cc2)c2ccccc21. The lowest BCUT2D eigenvalue weighted by Crippen LogP contribution is -2.30. The monoisotopic (exact) mass is 514 g/mol. The van der Waals surface area contributed by atoms with Crippen molar-refractivity contribution in [3.8, 4) is 0 Å². The molecular formula is C38H30N2+2. The number of para-hydroxylation sites is 4. The summed E-state index contributed by atoms with van der Waals surface area (Å²) in [6, 6.07) is 43.3. The molecule has 0 radical (unpaired) electrons. The standard InChI is InChI=1S/C38H30N2/c1-39-35-15-7-3-11-31(35)29(32-12-4-8-16-36(32)39)25-23-27-19-21-28(22-20-27)24-26-30-33-13-5-9-17-37(33)40(2)38-18-10-6-14-34(30)38/h3-26H,1-2H3/q+2/b25-23+,26-24+. The first-order valence-electron chi connectivity index (χ1n) is 13.7. The Bertz CT molecular complexity index is 1850. The Morgan fingerprint density at radius 3 is 0.925 bits per heavy atom. The van der Waals surface area contributed by atoms with E-state index in [1.165, 1.54) is 65.9 Å². The van der Waals surface area contributed by atoms with Gasteiger partial charge in [0.25, 0.3) is 0 Å². The van der Waals surface area contributed by atoms with Gasteiger partial charge in [0.2, 0.25) is 22.1 Å². The second-order valence-electron chi connectivity index (χ2n) is 10.3. The Hall–Kier alpha value is -5.08. The maximum atomic E-state index is 2.28. The van der Waals surface area contributed by atoms with Crippen LogP contribution in [0.25, 0.3) is 67.9 Å². The highest BCUT2D eigenvalue weighted by Crippen LogP contribution is 2.28. The van der Waals surface area contributed by atoms with Gasteiger partial charge in [0.05, 0.1) is 21.5 Å². The minimum absolute atomic E-state index is 1.18. The molecular weight excluding hydrogens is 484 g/mol.